The molecule has 2 aliphatic rings. The number of carbonyl (C=O) groups excluding carboxylic acids is 1. The molecule has 123 valence electrons. The van der Waals surface area contributed by atoms with Crippen molar-refractivity contribution in [2.75, 3.05) is 7.11 Å². The lowest BCUT2D eigenvalue weighted by atomic mass is 9.74. The van der Waals surface area contributed by atoms with Gasteiger partial charge in [0.15, 0.2) is 0 Å². The molecule has 23 heavy (non-hydrogen) atoms. The first-order chi connectivity index (χ1) is 11.0. The molecule has 3 rings (SSSR count). The van der Waals surface area contributed by atoms with E-state index in [1.807, 2.05) is 0 Å². The summed E-state index contributed by atoms with van der Waals surface area (Å²) in [5.74, 6) is 0.0632. The van der Waals surface area contributed by atoms with Gasteiger partial charge in [-0.25, -0.2) is 0 Å². The Kier molecular flexibility index (Phi) is 4.33. The first-order valence-corrected chi connectivity index (χ1v) is 8.46. The molecule has 1 spiro atoms. The molecular weight excluding hydrogens is 286 g/mol. The molecule has 0 saturated heterocycles. The summed E-state index contributed by atoms with van der Waals surface area (Å²) in [6.45, 7) is 8.28. The first-order valence-electron chi connectivity index (χ1n) is 8.46. The average Bonchev–Trinajstić information content (AvgIpc) is 2.81. The predicted molar refractivity (Wildman–Crippen MR) is 92.9 cm³/mol. The molecule has 1 aliphatic carbocycles. The third-order valence-corrected chi connectivity index (χ3v) is 5.49. The van der Waals surface area contributed by atoms with E-state index in [1.165, 1.54) is 11.1 Å². The Labute approximate surface area is 139 Å². The van der Waals surface area contributed by atoms with Gasteiger partial charge in [0.2, 0.25) is 0 Å². The summed E-state index contributed by atoms with van der Waals surface area (Å²) in [5, 5.41) is 3.30. The van der Waals surface area contributed by atoms with Gasteiger partial charge >= 0.3 is 0 Å². The van der Waals surface area contributed by atoms with Gasteiger partial charge in [0.1, 0.15) is 0 Å². The zero-order valence-corrected chi connectivity index (χ0v) is 14.4. The van der Waals surface area contributed by atoms with Crippen LogP contribution in [0.15, 0.2) is 23.8 Å². The first kappa shape index (κ1) is 16.3. The standard InChI is InChI=1S/C20H26NO2/c1-5-17-18(16-12-13(2)6-7-14(16)3)19(22)21-20(17)10-8-15(23-4)9-11-20/h6-7,12,15H,1,5,8-11H2,2-4H3,(H,21,22). The third-order valence-electron chi connectivity index (χ3n) is 5.49. The number of hydrogen-bond donors (Lipinski definition) is 1. The highest BCUT2D eigenvalue weighted by atomic mass is 16.5. The van der Waals surface area contributed by atoms with Crippen LogP contribution in [0.4, 0.5) is 0 Å². The number of benzene rings is 1. The Morgan fingerprint density at radius 2 is 2.00 bits per heavy atom. The van der Waals surface area contributed by atoms with Crippen LogP contribution in [0.25, 0.3) is 5.57 Å². The minimum absolute atomic E-state index is 0.0632. The molecule has 3 nitrogen and oxygen atoms in total. The molecule has 1 saturated carbocycles. The maximum atomic E-state index is 12.8. The maximum Gasteiger partial charge on any atom is 0.252 e. The van der Waals surface area contributed by atoms with E-state index in [9.17, 15) is 4.79 Å². The van der Waals surface area contributed by atoms with Crippen molar-refractivity contribution in [3.63, 3.8) is 0 Å². The van der Waals surface area contributed by atoms with Gasteiger partial charge in [0.25, 0.3) is 5.91 Å². The zero-order chi connectivity index (χ0) is 16.6. The molecule has 3 heteroatoms. The van der Waals surface area contributed by atoms with Gasteiger partial charge in [-0.05, 0) is 69.6 Å². The van der Waals surface area contributed by atoms with Crippen LogP contribution in [0.3, 0.4) is 0 Å². The Morgan fingerprint density at radius 1 is 1.30 bits per heavy atom. The van der Waals surface area contributed by atoms with Crippen LogP contribution in [0.5, 0.6) is 0 Å². The highest BCUT2D eigenvalue weighted by Gasteiger charge is 2.46. The Hall–Kier alpha value is -1.61. The quantitative estimate of drug-likeness (QED) is 0.923. The molecule has 0 bridgehead atoms. The van der Waals surface area contributed by atoms with Crippen molar-refractivity contribution in [1.82, 2.24) is 5.32 Å². The summed E-state index contributed by atoms with van der Waals surface area (Å²) in [6, 6.07) is 6.31. The Morgan fingerprint density at radius 3 is 2.61 bits per heavy atom. The molecule has 0 atom stereocenters. The van der Waals surface area contributed by atoms with Gasteiger partial charge < -0.3 is 10.1 Å². The zero-order valence-electron chi connectivity index (χ0n) is 14.4. The number of rotatable bonds is 3. The molecule has 1 radical (unpaired) electrons. The lowest BCUT2D eigenvalue weighted by Gasteiger charge is -2.39. The van der Waals surface area contributed by atoms with Crippen LogP contribution in [0.2, 0.25) is 0 Å². The fourth-order valence-electron chi connectivity index (χ4n) is 4.13. The second kappa shape index (κ2) is 6.12. The molecule has 1 N–H and O–H groups in total. The predicted octanol–water partition coefficient (Wildman–Crippen LogP) is 3.74. The number of amides is 1. The lowest BCUT2D eigenvalue weighted by molar-refractivity contribution is -0.116. The number of carbonyl (C=O) groups is 1. The minimum Gasteiger partial charge on any atom is -0.381 e. The highest BCUT2D eigenvalue weighted by molar-refractivity contribution is 6.24. The molecule has 1 aliphatic heterocycles. The van der Waals surface area contributed by atoms with Crippen LogP contribution in [0, 0.1) is 20.8 Å². The summed E-state index contributed by atoms with van der Waals surface area (Å²) >= 11 is 0. The normalized spacial score (nSPS) is 27.7. The summed E-state index contributed by atoms with van der Waals surface area (Å²) in [7, 11) is 1.77. The van der Waals surface area contributed by atoms with Crippen LogP contribution in [-0.2, 0) is 9.53 Å². The van der Waals surface area contributed by atoms with E-state index >= 15 is 0 Å². The summed E-state index contributed by atoms with van der Waals surface area (Å²) in [6.07, 6.45) is 4.83. The van der Waals surface area contributed by atoms with Crippen LogP contribution >= 0.6 is 0 Å². The number of ether oxygens (including phenoxy) is 1. The van der Waals surface area contributed by atoms with Crippen molar-refractivity contribution in [2.45, 2.75) is 57.6 Å². The average molecular weight is 312 g/mol. The monoisotopic (exact) mass is 312 g/mol. The fraction of sp³-hybridized carbons (Fsp3) is 0.500. The maximum absolute atomic E-state index is 12.8. The van der Waals surface area contributed by atoms with Crippen molar-refractivity contribution in [1.29, 1.82) is 0 Å². The van der Waals surface area contributed by atoms with E-state index in [4.69, 9.17) is 4.74 Å². The van der Waals surface area contributed by atoms with Crippen molar-refractivity contribution < 1.29 is 9.53 Å². The van der Waals surface area contributed by atoms with E-state index in [-0.39, 0.29) is 11.4 Å². The van der Waals surface area contributed by atoms with Crippen LogP contribution in [0.1, 0.15) is 48.8 Å². The lowest BCUT2D eigenvalue weighted by Crippen LogP contribution is -2.48. The van der Waals surface area contributed by atoms with Gasteiger partial charge in [-0.15, -0.1) is 0 Å². The van der Waals surface area contributed by atoms with Crippen molar-refractivity contribution in [3.05, 3.63) is 47.4 Å². The molecule has 0 aromatic heterocycles. The van der Waals surface area contributed by atoms with Crippen LogP contribution < -0.4 is 5.32 Å². The second-order valence-electron chi connectivity index (χ2n) is 6.89. The van der Waals surface area contributed by atoms with Gasteiger partial charge in [0.05, 0.1) is 11.6 Å². The highest BCUT2D eigenvalue weighted by Crippen LogP contribution is 2.44. The largest absolute Gasteiger partial charge is 0.381 e. The number of nitrogens with one attached hydrogen (secondary N) is 1. The minimum atomic E-state index is -0.209. The summed E-state index contributed by atoms with van der Waals surface area (Å²) < 4.78 is 5.49. The topological polar surface area (TPSA) is 38.3 Å². The third kappa shape index (κ3) is 2.72. The van der Waals surface area contributed by atoms with E-state index < -0.39 is 0 Å². The molecular formula is C20H26NO2. The van der Waals surface area contributed by atoms with Crippen LogP contribution in [-0.4, -0.2) is 24.7 Å². The van der Waals surface area contributed by atoms with Crippen molar-refractivity contribution in [2.24, 2.45) is 0 Å². The number of hydrogen-bond acceptors (Lipinski definition) is 2. The van der Waals surface area contributed by atoms with E-state index in [2.05, 4.69) is 44.3 Å². The number of aryl methyl sites for hydroxylation is 2. The Bertz CT molecular complexity index is 652. The van der Waals surface area contributed by atoms with E-state index in [0.717, 1.165) is 42.4 Å². The second-order valence-corrected chi connectivity index (χ2v) is 6.89. The van der Waals surface area contributed by atoms with Gasteiger partial charge in [0, 0.05) is 12.7 Å². The SMILES string of the molecule is [CH2]CC1=C(c2cc(C)ccc2C)C(=O)NC12CCC(OC)CC2. The summed E-state index contributed by atoms with van der Waals surface area (Å²) in [4.78, 5) is 12.8. The van der Waals surface area contributed by atoms with Gasteiger partial charge in [-0.2, -0.15) is 0 Å². The van der Waals surface area contributed by atoms with E-state index in [0.29, 0.717) is 12.5 Å². The van der Waals surface area contributed by atoms with Gasteiger partial charge in [-0.1, -0.05) is 23.8 Å². The fourth-order valence-corrected chi connectivity index (χ4v) is 4.13. The Balaban J connectivity index is 2.05. The van der Waals surface area contributed by atoms with Gasteiger partial charge in [-0.3, -0.25) is 4.79 Å². The molecule has 1 aromatic rings. The molecule has 0 unspecified atom stereocenters. The van der Waals surface area contributed by atoms with Crippen molar-refractivity contribution in [3.8, 4) is 0 Å². The molecule has 1 amide bonds. The summed E-state index contributed by atoms with van der Waals surface area (Å²) in [5.41, 5.74) is 5.22. The smallest absolute Gasteiger partial charge is 0.252 e. The number of methoxy groups -OCH3 is 1. The van der Waals surface area contributed by atoms with E-state index in [1.54, 1.807) is 7.11 Å². The molecule has 1 fully saturated rings. The molecule has 1 aromatic carbocycles. The van der Waals surface area contributed by atoms with Crippen molar-refractivity contribution >= 4 is 11.5 Å². The molecule has 1 heterocycles.